The number of hydrogen-bond acceptors (Lipinski definition) is 2. The van der Waals surface area contributed by atoms with Crippen LogP contribution in [-0.4, -0.2) is 5.97 Å². The van der Waals surface area contributed by atoms with E-state index < -0.39 is 0 Å². The summed E-state index contributed by atoms with van der Waals surface area (Å²) in [6.07, 6.45) is 12.9. The van der Waals surface area contributed by atoms with Crippen LogP contribution in [0.1, 0.15) is 94.8 Å². The first-order valence-corrected chi connectivity index (χ1v) is 11.1. The van der Waals surface area contributed by atoms with E-state index in [1.165, 1.54) is 51.4 Å². The number of unbranched alkanes of at least 4 members (excludes halogenated alkanes) is 9. The predicted molar refractivity (Wildman–Crippen MR) is 117 cm³/mol. The molecule has 0 bridgehead atoms. The monoisotopic (exact) mass is 380 g/mol. The van der Waals surface area contributed by atoms with Gasteiger partial charge >= 0.3 is 5.97 Å². The third-order valence-corrected chi connectivity index (χ3v) is 5.19. The molecular weight excluding hydrogens is 344 g/mol. The summed E-state index contributed by atoms with van der Waals surface area (Å²) in [6.45, 7) is 2.26. The molecule has 28 heavy (non-hydrogen) atoms. The topological polar surface area (TPSA) is 26.3 Å². The Hall–Kier alpha value is -2.09. The van der Waals surface area contributed by atoms with Crippen LogP contribution in [0.5, 0.6) is 0 Å². The molecular formula is C26H36O2. The Balaban J connectivity index is 1.68. The number of benzene rings is 2. The SMILES string of the molecule is CCCCCCCCCCCCC(=O)OC(c1ccccc1)c1ccccc1. The number of hydrogen-bond donors (Lipinski definition) is 0. The van der Waals surface area contributed by atoms with E-state index in [2.05, 4.69) is 6.92 Å². The van der Waals surface area contributed by atoms with Crippen molar-refractivity contribution in [1.82, 2.24) is 0 Å². The summed E-state index contributed by atoms with van der Waals surface area (Å²) in [5, 5.41) is 0. The molecule has 0 fully saturated rings. The number of esters is 1. The van der Waals surface area contributed by atoms with Gasteiger partial charge in [0.25, 0.3) is 0 Å². The Kier molecular flexibility index (Phi) is 11.1. The van der Waals surface area contributed by atoms with Crippen molar-refractivity contribution in [2.75, 3.05) is 0 Å². The minimum Gasteiger partial charge on any atom is -0.453 e. The highest BCUT2D eigenvalue weighted by Gasteiger charge is 2.18. The fraction of sp³-hybridized carbons (Fsp3) is 0.500. The lowest BCUT2D eigenvalue weighted by Crippen LogP contribution is -2.12. The van der Waals surface area contributed by atoms with Gasteiger partial charge in [-0.15, -0.1) is 0 Å². The lowest BCUT2D eigenvalue weighted by Gasteiger charge is -2.19. The highest BCUT2D eigenvalue weighted by Crippen LogP contribution is 2.26. The van der Waals surface area contributed by atoms with Crippen molar-refractivity contribution in [3.63, 3.8) is 0 Å². The fourth-order valence-electron chi connectivity index (χ4n) is 3.53. The van der Waals surface area contributed by atoms with Crippen LogP contribution >= 0.6 is 0 Å². The number of carbonyl (C=O) groups is 1. The molecule has 0 atom stereocenters. The minimum absolute atomic E-state index is 0.0997. The molecule has 0 aliphatic heterocycles. The maximum atomic E-state index is 12.4. The highest BCUT2D eigenvalue weighted by atomic mass is 16.5. The van der Waals surface area contributed by atoms with Gasteiger partial charge in [0, 0.05) is 6.42 Å². The molecule has 2 heteroatoms. The van der Waals surface area contributed by atoms with Crippen molar-refractivity contribution in [3.8, 4) is 0 Å². The number of rotatable bonds is 14. The normalized spacial score (nSPS) is 10.9. The molecule has 0 spiro atoms. The highest BCUT2D eigenvalue weighted by molar-refractivity contribution is 5.70. The van der Waals surface area contributed by atoms with Gasteiger partial charge in [0.05, 0.1) is 0 Å². The van der Waals surface area contributed by atoms with Gasteiger partial charge in [-0.05, 0) is 17.5 Å². The van der Waals surface area contributed by atoms with E-state index in [1.54, 1.807) is 0 Å². The van der Waals surface area contributed by atoms with Crippen LogP contribution in [0.4, 0.5) is 0 Å². The first kappa shape index (κ1) is 22.2. The number of ether oxygens (including phenoxy) is 1. The van der Waals surface area contributed by atoms with Gasteiger partial charge in [-0.2, -0.15) is 0 Å². The second kappa shape index (κ2) is 14.0. The van der Waals surface area contributed by atoms with Gasteiger partial charge in [-0.3, -0.25) is 4.79 Å². The van der Waals surface area contributed by atoms with E-state index in [0.29, 0.717) is 6.42 Å². The van der Waals surface area contributed by atoms with Crippen LogP contribution in [0, 0.1) is 0 Å². The van der Waals surface area contributed by atoms with E-state index in [0.717, 1.165) is 24.0 Å². The van der Waals surface area contributed by atoms with Gasteiger partial charge in [0.15, 0.2) is 6.10 Å². The quantitative estimate of drug-likeness (QED) is 0.249. The first-order chi connectivity index (χ1) is 13.8. The zero-order chi connectivity index (χ0) is 19.9. The summed E-state index contributed by atoms with van der Waals surface area (Å²) in [7, 11) is 0. The Morgan fingerprint density at radius 2 is 1.11 bits per heavy atom. The molecule has 2 nitrogen and oxygen atoms in total. The molecule has 152 valence electrons. The maximum absolute atomic E-state index is 12.4. The zero-order valence-corrected chi connectivity index (χ0v) is 17.4. The standard InChI is InChI=1S/C26H36O2/c1-2-3-4-5-6-7-8-9-10-17-22-25(27)28-26(23-18-13-11-14-19-23)24-20-15-12-16-21-24/h11-16,18-21,26H,2-10,17,22H2,1H3. The summed E-state index contributed by atoms with van der Waals surface area (Å²) >= 11 is 0. The largest absolute Gasteiger partial charge is 0.453 e. The van der Waals surface area contributed by atoms with Gasteiger partial charge in [-0.1, -0.05) is 125 Å². The van der Waals surface area contributed by atoms with Crippen LogP contribution in [0.3, 0.4) is 0 Å². The summed E-state index contributed by atoms with van der Waals surface area (Å²) < 4.78 is 5.87. The second-order valence-corrected chi connectivity index (χ2v) is 7.62. The van der Waals surface area contributed by atoms with Crippen LogP contribution in [-0.2, 0) is 9.53 Å². The molecule has 0 amide bonds. The van der Waals surface area contributed by atoms with E-state index in [1.807, 2.05) is 60.7 Å². The zero-order valence-electron chi connectivity index (χ0n) is 17.4. The molecule has 0 aliphatic carbocycles. The lowest BCUT2D eigenvalue weighted by molar-refractivity contribution is -0.147. The van der Waals surface area contributed by atoms with Crippen molar-refractivity contribution < 1.29 is 9.53 Å². The van der Waals surface area contributed by atoms with E-state index in [9.17, 15) is 4.79 Å². The Morgan fingerprint density at radius 1 is 0.679 bits per heavy atom. The Bertz CT molecular complexity index is 596. The van der Waals surface area contributed by atoms with Crippen molar-refractivity contribution in [2.45, 2.75) is 83.7 Å². The fourth-order valence-corrected chi connectivity index (χ4v) is 3.53. The summed E-state index contributed by atoms with van der Waals surface area (Å²) in [6, 6.07) is 20.0. The van der Waals surface area contributed by atoms with Crippen LogP contribution < -0.4 is 0 Å². The maximum Gasteiger partial charge on any atom is 0.306 e. The first-order valence-electron chi connectivity index (χ1n) is 11.1. The summed E-state index contributed by atoms with van der Waals surface area (Å²) in [5.41, 5.74) is 2.04. The summed E-state index contributed by atoms with van der Waals surface area (Å²) in [5.74, 6) is -0.0997. The Labute approximate surface area is 171 Å². The average molecular weight is 381 g/mol. The molecule has 2 aromatic carbocycles. The van der Waals surface area contributed by atoms with Crippen LogP contribution in [0.25, 0.3) is 0 Å². The van der Waals surface area contributed by atoms with Crippen LogP contribution in [0.2, 0.25) is 0 Å². The Morgan fingerprint density at radius 3 is 1.57 bits per heavy atom. The number of carbonyl (C=O) groups excluding carboxylic acids is 1. The molecule has 0 unspecified atom stereocenters. The van der Waals surface area contributed by atoms with Gasteiger partial charge in [0.2, 0.25) is 0 Å². The third kappa shape index (κ3) is 8.73. The molecule has 0 radical (unpaired) electrons. The molecule has 2 rings (SSSR count). The van der Waals surface area contributed by atoms with Crippen LogP contribution in [0.15, 0.2) is 60.7 Å². The second-order valence-electron chi connectivity index (χ2n) is 7.62. The van der Waals surface area contributed by atoms with Crippen molar-refractivity contribution in [1.29, 1.82) is 0 Å². The van der Waals surface area contributed by atoms with Gasteiger partial charge in [0.1, 0.15) is 0 Å². The molecule has 0 saturated heterocycles. The molecule has 0 aromatic heterocycles. The van der Waals surface area contributed by atoms with Gasteiger partial charge in [-0.25, -0.2) is 0 Å². The molecule has 0 heterocycles. The van der Waals surface area contributed by atoms with Gasteiger partial charge < -0.3 is 4.74 Å². The average Bonchev–Trinajstić information content (AvgIpc) is 2.74. The third-order valence-electron chi connectivity index (χ3n) is 5.19. The smallest absolute Gasteiger partial charge is 0.306 e. The predicted octanol–water partition coefficient (Wildman–Crippen LogP) is 7.63. The molecule has 0 saturated carbocycles. The van der Waals surface area contributed by atoms with E-state index in [-0.39, 0.29) is 12.1 Å². The molecule has 2 aromatic rings. The van der Waals surface area contributed by atoms with E-state index >= 15 is 0 Å². The molecule has 0 N–H and O–H groups in total. The lowest BCUT2D eigenvalue weighted by atomic mass is 10.0. The minimum atomic E-state index is -0.321. The summed E-state index contributed by atoms with van der Waals surface area (Å²) in [4.78, 5) is 12.4. The molecule has 0 aliphatic rings. The van der Waals surface area contributed by atoms with Crippen molar-refractivity contribution >= 4 is 5.97 Å². The van der Waals surface area contributed by atoms with Crippen molar-refractivity contribution in [3.05, 3.63) is 71.8 Å². The van der Waals surface area contributed by atoms with E-state index in [4.69, 9.17) is 4.74 Å². The van der Waals surface area contributed by atoms with Crippen molar-refractivity contribution in [2.24, 2.45) is 0 Å².